The van der Waals surface area contributed by atoms with E-state index >= 15 is 0 Å². The van der Waals surface area contributed by atoms with Crippen LogP contribution >= 0.6 is 47.1 Å². The summed E-state index contributed by atoms with van der Waals surface area (Å²) in [4.78, 5) is 63.4. The van der Waals surface area contributed by atoms with Crippen molar-refractivity contribution >= 4 is 91.9 Å². The number of allylic oxidation sites excluding steroid dienone is 1. The van der Waals surface area contributed by atoms with Crippen molar-refractivity contribution in [1.82, 2.24) is 9.47 Å². The monoisotopic (exact) mass is 625 g/mol. The van der Waals surface area contributed by atoms with Crippen LogP contribution in [0.4, 0.5) is 5.69 Å². The zero-order chi connectivity index (χ0) is 29.3. The molecule has 3 heterocycles. The van der Waals surface area contributed by atoms with Crippen LogP contribution in [-0.4, -0.2) is 80.2 Å². The lowest BCUT2D eigenvalue weighted by Gasteiger charge is -2.18. The molecule has 13 nitrogen and oxygen atoms in total. The van der Waals surface area contributed by atoms with Gasteiger partial charge in [0.1, 0.15) is 33.5 Å². The van der Waals surface area contributed by atoms with Gasteiger partial charge in [0, 0.05) is 17.0 Å². The molecule has 1 fully saturated rings. The van der Waals surface area contributed by atoms with Crippen molar-refractivity contribution in [2.75, 3.05) is 32.2 Å². The summed E-state index contributed by atoms with van der Waals surface area (Å²) in [5.41, 5.74) is -0.146. The van der Waals surface area contributed by atoms with Crippen LogP contribution in [0, 0.1) is 0 Å². The molecule has 1 saturated heterocycles. The summed E-state index contributed by atoms with van der Waals surface area (Å²) in [5.74, 6) is -3.63. The predicted octanol–water partition coefficient (Wildman–Crippen LogP) is 0.384. The van der Waals surface area contributed by atoms with E-state index in [2.05, 4.69) is 0 Å². The van der Waals surface area contributed by atoms with Gasteiger partial charge >= 0.3 is 17.9 Å². The first-order chi connectivity index (χ1) is 18.9. The van der Waals surface area contributed by atoms with Crippen LogP contribution in [0.5, 0.6) is 11.5 Å². The molecular weight excluding hydrogens is 607 g/mol. The second-order valence-electron chi connectivity index (χ2n) is 7.97. The SMILES string of the molecule is COc1cc2c(cc1OC)N(CC(=O)O)C(=CC=c1s/c(=C3\SC(=S)N(CC(=O)O)C3=O)n(CC(=O)O)c1=O)S2. The fraction of sp³-hybridized carbons (Fsp3) is 0.217. The fourth-order valence-electron chi connectivity index (χ4n) is 3.78. The van der Waals surface area contributed by atoms with Gasteiger partial charge in [-0.1, -0.05) is 35.7 Å². The number of carboxylic acid groups (broad SMARTS) is 3. The van der Waals surface area contributed by atoms with Crippen molar-refractivity contribution in [3.63, 3.8) is 0 Å². The molecule has 1 aromatic carbocycles. The molecule has 0 bridgehead atoms. The Morgan fingerprint density at radius 2 is 1.50 bits per heavy atom. The summed E-state index contributed by atoms with van der Waals surface area (Å²) >= 11 is 7.96. The van der Waals surface area contributed by atoms with Gasteiger partial charge in [0.25, 0.3) is 11.5 Å². The first-order valence-corrected chi connectivity index (χ1v) is 13.9. The summed E-state index contributed by atoms with van der Waals surface area (Å²) in [6.07, 6.45) is 2.93. The van der Waals surface area contributed by atoms with Crippen molar-refractivity contribution < 1.29 is 44.0 Å². The lowest BCUT2D eigenvalue weighted by Crippen LogP contribution is -2.36. The summed E-state index contributed by atoms with van der Waals surface area (Å²) in [6, 6.07) is 3.34. The molecule has 1 amide bonds. The van der Waals surface area contributed by atoms with Crippen molar-refractivity contribution in [2.45, 2.75) is 11.4 Å². The number of amides is 1. The standard InChI is InChI=1S/C23H19N3O10S4/c1-35-11-5-10-14(6-12(11)36-2)38-15(24(10)7-16(27)28)4-3-13-20(33)25(8-17(29)30)22(39-13)19-21(34)26(9-18(31)32)23(37)40-19/h3-6H,7-9H2,1-2H3,(H,27,28)(H,29,30)(H,31,32)/b13-3?,15-4?,22-19-. The van der Waals surface area contributed by atoms with Crippen LogP contribution in [0.2, 0.25) is 0 Å². The number of carbonyl (C=O) groups excluding carboxylic acids is 1. The highest BCUT2D eigenvalue weighted by Crippen LogP contribution is 2.50. The second kappa shape index (κ2) is 11.7. The van der Waals surface area contributed by atoms with E-state index in [0.29, 0.717) is 27.1 Å². The molecular formula is C23H19N3O10S4. The summed E-state index contributed by atoms with van der Waals surface area (Å²) < 4.78 is 11.6. The second-order valence-corrected chi connectivity index (χ2v) is 11.7. The van der Waals surface area contributed by atoms with Crippen molar-refractivity contribution in [1.29, 1.82) is 0 Å². The van der Waals surface area contributed by atoms with Crippen LogP contribution in [0.3, 0.4) is 0 Å². The minimum absolute atomic E-state index is 0.0153. The molecule has 4 rings (SSSR count). The Bertz CT molecular complexity index is 1680. The molecule has 2 aliphatic rings. The Morgan fingerprint density at radius 3 is 2.10 bits per heavy atom. The van der Waals surface area contributed by atoms with Crippen LogP contribution < -0.4 is 29.1 Å². The van der Waals surface area contributed by atoms with E-state index in [9.17, 15) is 34.2 Å². The number of thiazole rings is 1. The number of fused-ring (bicyclic) bond motifs is 1. The maximum Gasteiger partial charge on any atom is 0.323 e. The predicted molar refractivity (Wildman–Crippen MR) is 151 cm³/mol. The van der Waals surface area contributed by atoms with E-state index in [0.717, 1.165) is 32.6 Å². The number of thiocarbonyl (C=S) groups is 1. The minimum atomic E-state index is -1.33. The van der Waals surface area contributed by atoms with Gasteiger partial charge in [0.15, 0.2) is 11.5 Å². The topological polar surface area (TPSA) is 176 Å². The lowest BCUT2D eigenvalue weighted by molar-refractivity contribution is -0.140. The van der Waals surface area contributed by atoms with Gasteiger partial charge in [-0.05, 0) is 12.2 Å². The third-order valence-electron chi connectivity index (χ3n) is 5.45. The number of anilines is 1. The van der Waals surface area contributed by atoms with E-state index in [-0.39, 0.29) is 18.4 Å². The van der Waals surface area contributed by atoms with Gasteiger partial charge in [0.2, 0.25) is 0 Å². The maximum absolute atomic E-state index is 13.2. The first-order valence-electron chi connectivity index (χ1n) is 11.0. The van der Waals surface area contributed by atoms with E-state index in [1.807, 2.05) is 0 Å². The number of hydrogen-bond acceptors (Lipinski definition) is 12. The number of methoxy groups -OCH3 is 2. The number of benzene rings is 1. The highest BCUT2D eigenvalue weighted by molar-refractivity contribution is 8.30. The molecule has 40 heavy (non-hydrogen) atoms. The number of carboxylic acids is 3. The van der Waals surface area contributed by atoms with Crippen LogP contribution in [0.25, 0.3) is 11.0 Å². The number of ether oxygens (including phenoxy) is 2. The number of aliphatic carboxylic acids is 3. The third kappa shape index (κ3) is 5.72. The van der Waals surface area contributed by atoms with Gasteiger partial charge in [-0.3, -0.25) is 33.4 Å². The molecule has 2 aromatic rings. The molecule has 0 atom stereocenters. The quantitative estimate of drug-likeness (QED) is 0.326. The first kappa shape index (κ1) is 29.2. The smallest absolute Gasteiger partial charge is 0.323 e. The number of aromatic nitrogens is 1. The highest BCUT2D eigenvalue weighted by atomic mass is 32.2. The number of thioether (sulfide) groups is 2. The number of hydrogen-bond donors (Lipinski definition) is 3. The lowest BCUT2D eigenvalue weighted by atomic mass is 10.2. The molecule has 0 spiro atoms. The summed E-state index contributed by atoms with van der Waals surface area (Å²) in [5, 5.41) is 28.4. The number of rotatable bonds is 9. The number of nitrogens with zero attached hydrogens (tertiary/aromatic N) is 3. The Balaban J connectivity index is 1.85. The molecule has 0 saturated carbocycles. The van der Waals surface area contributed by atoms with E-state index in [1.165, 1.54) is 43.0 Å². The van der Waals surface area contributed by atoms with Crippen LogP contribution in [0.1, 0.15) is 0 Å². The summed E-state index contributed by atoms with van der Waals surface area (Å²) in [7, 11) is 2.92. The molecule has 210 valence electrons. The Kier molecular flexibility index (Phi) is 8.57. The molecule has 0 aliphatic carbocycles. The largest absolute Gasteiger partial charge is 0.493 e. The minimum Gasteiger partial charge on any atom is -0.493 e. The summed E-state index contributed by atoms with van der Waals surface area (Å²) in [6.45, 7) is -1.82. The van der Waals surface area contributed by atoms with E-state index in [1.54, 1.807) is 12.1 Å². The van der Waals surface area contributed by atoms with Gasteiger partial charge < -0.3 is 29.7 Å². The molecule has 17 heteroatoms. The Hall–Kier alpha value is -3.80. The number of carbonyl (C=O) groups is 4. The maximum atomic E-state index is 13.2. The molecule has 1 aromatic heterocycles. The van der Waals surface area contributed by atoms with Crippen molar-refractivity contribution in [3.05, 3.63) is 42.8 Å². The molecule has 3 N–H and O–H groups in total. The third-order valence-corrected chi connectivity index (χ3v) is 9.27. The van der Waals surface area contributed by atoms with Crippen molar-refractivity contribution in [3.8, 4) is 11.5 Å². The Morgan fingerprint density at radius 1 is 0.900 bits per heavy atom. The van der Waals surface area contributed by atoms with Gasteiger partial charge in [-0.15, -0.1) is 11.3 Å². The average Bonchev–Trinajstić information content (AvgIpc) is 3.47. The van der Waals surface area contributed by atoms with E-state index in [4.69, 9.17) is 26.8 Å². The zero-order valence-electron chi connectivity index (χ0n) is 20.6. The van der Waals surface area contributed by atoms with Gasteiger partial charge in [-0.2, -0.15) is 0 Å². The highest BCUT2D eigenvalue weighted by Gasteiger charge is 2.35. The molecule has 0 unspecified atom stereocenters. The van der Waals surface area contributed by atoms with Crippen LogP contribution in [0.15, 0.2) is 32.9 Å². The van der Waals surface area contributed by atoms with E-state index < -0.39 is 49.0 Å². The Labute approximate surface area is 242 Å². The average molecular weight is 626 g/mol. The van der Waals surface area contributed by atoms with Crippen LogP contribution in [-0.2, 0) is 25.7 Å². The van der Waals surface area contributed by atoms with Gasteiger partial charge in [0.05, 0.1) is 29.5 Å². The van der Waals surface area contributed by atoms with Crippen molar-refractivity contribution in [2.24, 2.45) is 0 Å². The normalized spacial score (nSPS) is 17.6. The van der Waals surface area contributed by atoms with Gasteiger partial charge in [-0.25, -0.2) is 0 Å². The molecule has 2 aliphatic heterocycles. The molecule has 0 radical (unpaired) electrons. The fourth-order valence-corrected chi connectivity index (χ4v) is 7.31. The zero-order valence-corrected chi connectivity index (χ0v) is 23.9.